The highest BCUT2D eigenvalue weighted by atomic mass is 16.7. The van der Waals surface area contributed by atoms with E-state index in [1.165, 1.54) is 12.8 Å². The Balaban J connectivity index is 2.72. The molecule has 0 aromatic rings. The van der Waals surface area contributed by atoms with Crippen LogP contribution in [0.4, 0.5) is 0 Å². The Morgan fingerprint density at radius 3 is 2.53 bits per heavy atom. The van der Waals surface area contributed by atoms with E-state index in [-0.39, 0.29) is 12.7 Å². The lowest BCUT2D eigenvalue weighted by molar-refractivity contribution is -0.144. The molecule has 1 fully saturated rings. The van der Waals surface area contributed by atoms with E-state index in [2.05, 4.69) is 20.8 Å². The SMILES string of the molecule is COCO[C@H]1[C@@H](CCO)[C@H](C)CC[C@H]1C(C)C. The maximum atomic E-state index is 9.22. The van der Waals surface area contributed by atoms with Gasteiger partial charge in [-0.1, -0.05) is 20.8 Å². The van der Waals surface area contributed by atoms with Gasteiger partial charge in [0, 0.05) is 13.7 Å². The Bertz CT molecular complexity index is 206. The molecule has 0 bridgehead atoms. The number of aliphatic hydroxyl groups is 1. The van der Waals surface area contributed by atoms with E-state index in [9.17, 15) is 5.11 Å². The highest BCUT2D eigenvalue weighted by Gasteiger charge is 2.39. The third-order valence-corrected chi connectivity index (χ3v) is 4.23. The lowest BCUT2D eigenvalue weighted by Crippen LogP contribution is -2.43. The molecule has 4 atom stereocenters. The fraction of sp³-hybridized carbons (Fsp3) is 1.00. The van der Waals surface area contributed by atoms with Crippen LogP contribution in [-0.2, 0) is 9.47 Å². The van der Waals surface area contributed by atoms with E-state index in [0.717, 1.165) is 6.42 Å². The second-order valence-electron chi connectivity index (χ2n) is 5.68. The summed E-state index contributed by atoms with van der Waals surface area (Å²) in [5, 5.41) is 9.22. The standard InChI is InChI=1S/C14H28O3/c1-10(2)12-6-5-11(3)13(7-8-15)14(12)17-9-16-4/h10-15H,5-9H2,1-4H3/t11-,12+,13+,14-/m1/s1. The Kier molecular flexibility index (Phi) is 6.45. The highest BCUT2D eigenvalue weighted by molar-refractivity contribution is 4.88. The fourth-order valence-corrected chi connectivity index (χ4v) is 3.18. The maximum Gasteiger partial charge on any atom is 0.146 e. The van der Waals surface area contributed by atoms with Crippen molar-refractivity contribution in [2.75, 3.05) is 20.5 Å². The number of hydrogen-bond acceptors (Lipinski definition) is 3. The summed E-state index contributed by atoms with van der Waals surface area (Å²) < 4.78 is 11.0. The zero-order valence-corrected chi connectivity index (χ0v) is 11.7. The molecule has 0 saturated heterocycles. The summed E-state index contributed by atoms with van der Waals surface area (Å²) in [5.41, 5.74) is 0. The van der Waals surface area contributed by atoms with E-state index in [1.807, 2.05) is 0 Å². The smallest absolute Gasteiger partial charge is 0.146 e. The number of hydrogen-bond donors (Lipinski definition) is 1. The second-order valence-corrected chi connectivity index (χ2v) is 5.68. The van der Waals surface area contributed by atoms with Crippen LogP contribution in [0.15, 0.2) is 0 Å². The lowest BCUT2D eigenvalue weighted by atomic mass is 9.68. The van der Waals surface area contributed by atoms with Gasteiger partial charge in [0.15, 0.2) is 0 Å². The maximum absolute atomic E-state index is 9.22. The van der Waals surface area contributed by atoms with Crippen molar-refractivity contribution in [1.82, 2.24) is 0 Å². The van der Waals surface area contributed by atoms with E-state index in [1.54, 1.807) is 7.11 Å². The van der Waals surface area contributed by atoms with Gasteiger partial charge in [0.05, 0.1) is 6.10 Å². The average molecular weight is 244 g/mol. The van der Waals surface area contributed by atoms with Gasteiger partial charge in [0.1, 0.15) is 6.79 Å². The topological polar surface area (TPSA) is 38.7 Å². The predicted molar refractivity (Wildman–Crippen MR) is 68.7 cm³/mol. The minimum absolute atomic E-state index is 0.242. The molecule has 0 unspecified atom stereocenters. The van der Waals surface area contributed by atoms with Crippen molar-refractivity contribution in [2.45, 2.75) is 46.1 Å². The van der Waals surface area contributed by atoms with Crippen LogP contribution in [0.1, 0.15) is 40.0 Å². The lowest BCUT2D eigenvalue weighted by Gasteiger charge is -2.43. The van der Waals surface area contributed by atoms with Crippen molar-refractivity contribution < 1.29 is 14.6 Å². The molecule has 17 heavy (non-hydrogen) atoms. The van der Waals surface area contributed by atoms with Crippen LogP contribution in [0.5, 0.6) is 0 Å². The van der Waals surface area contributed by atoms with Gasteiger partial charge in [-0.15, -0.1) is 0 Å². The van der Waals surface area contributed by atoms with Crippen LogP contribution in [0.2, 0.25) is 0 Å². The molecule has 0 aromatic carbocycles. The van der Waals surface area contributed by atoms with Crippen LogP contribution < -0.4 is 0 Å². The quantitative estimate of drug-likeness (QED) is 0.730. The zero-order valence-electron chi connectivity index (χ0n) is 11.7. The van der Waals surface area contributed by atoms with Gasteiger partial charge < -0.3 is 14.6 Å². The molecule has 1 N–H and O–H groups in total. The van der Waals surface area contributed by atoms with Crippen molar-refractivity contribution in [3.05, 3.63) is 0 Å². The Labute approximate surface area is 105 Å². The molecule has 0 spiro atoms. The fourth-order valence-electron chi connectivity index (χ4n) is 3.18. The molecule has 0 heterocycles. The Morgan fingerprint density at radius 1 is 1.29 bits per heavy atom. The number of methoxy groups -OCH3 is 1. The zero-order chi connectivity index (χ0) is 12.8. The van der Waals surface area contributed by atoms with Gasteiger partial charge in [0.25, 0.3) is 0 Å². The molecular weight excluding hydrogens is 216 g/mol. The number of aliphatic hydroxyl groups excluding tert-OH is 1. The van der Waals surface area contributed by atoms with Gasteiger partial charge in [-0.2, -0.15) is 0 Å². The minimum atomic E-state index is 0.242. The molecule has 102 valence electrons. The molecule has 3 nitrogen and oxygen atoms in total. The first-order valence-electron chi connectivity index (χ1n) is 6.83. The van der Waals surface area contributed by atoms with Gasteiger partial charge in [-0.05, 0) is 42.9 Å². The normalized spacial score (nSPS) is 34.2. The first-order chi connectivity index (χ1) is 8.11. The summed E-state index contributed by atoms with van der Waals surface area (Å²) in [7, 11) is 1.66. The number of rotatable bonds is 6. The molecule has 1 saturated carbocycles. The molecule has 0 radical (unpaired) electrons. The van der Waals surface area contributed by atoms with Crippen LogP contribution in [0.25, 0.3) is 0 Å². The van der Waals surface area contributed by atoms with E-state index < -0.39 is 0 Å². The van der Waals surface area contributed by atoms with E-state index in [4.69, 9.17) is 9.47 Å². The summed E-state index contributed by atoms with van der Waals surface area (Å²) >= 11 is 0. The third kappa shape index (κ3) is 3.94. The summed E-state index contributed by atoms with van der Waals surface area (Å²) in [4.78, 5) is 0. The first kappa shape index (κ1) is 14.9. The second kappa shape index (κ2) is 7.34. The van der Waals surface area contributed by atoms with Gasteiger partial charge in [-0.3, -0.25) is 0 Å². The average Bonchev–Trinajstić information content (AvgIpc) is 2.29. The summed E-state index contributed by atoms with van der Waals surface area (Å²) in [5.74, 6) is 2.33. The molecule has 1 rings (SSSR count). The van der Waals surface area contributed by atoms with Crippen LogP contribution in [0.3, 0.4) is 0 Å². The Morgan fingerprint density at radius 2 is 2.00 bits per heavy atom. The largest absolute Gasteiger partial charge is 0.396 e. The predicted octanol–water partition coefficient (Wildman–Crippen LogP) is 2.68. The van der Waals surface area contributed by atoms with Gasteiger partial charge in [-0.25, -0.2) is 0 Å². The van der Waals surface area contributed by atoms with Crippen molar-refractivity contribution >= 4 is 0 Å². The third-order valence-electron chi connectivity index (χ3n) is 4.23. The minimum Gasteiger partial charge on any atom is -0.396 e. The molecule has 0 aromatic heterocycles. The van der Waals surface area contributed by atoms with Crippen LogP contribution in [0, 0.1) is 23.7 Å². The van der Waals surface area contributed by atoms with Crippen LogP contribution in [-0.4, -0.2) is 31.7 Å². The summed E-state index contributed by atoms with van der Waals surface area (Å²) in [6.45, 7) is 7.43. The molecule has 0 amide bonds. The van der Waals surface area contributed by atoms with Crippen molar-refractivity contribution in [3.8, 4) is 0 Å². The van der Waals surface area contributed by atoms with Gasteiger partial charge in [0.2, 0.25) is 0 Å². The van der Waals surface area contributed by atoms with E-state index in [0.29, 0.717) is 30.5 Å². The molecule has 1 aliphatic carbocycles. The molecule has 0 aliphatic heterocycles. The van der Waals surface area contributed by atoms with E-state index >= 15 is 0 Å². The Hall–Kier alpha value is -0.120. The summed E-state index contributed by atoms with van der Waals surface area (Å²) in [6.07, 6.45) is 3.57. The monoisotopic (exact) mass is 244 g/mol. The van der Waals surface area contributed by atoms with Crippen molar-refractivity contribution in [2.24, 2.45) is 23.7 Å². The molecule has 1 aliphatic rings. The van der Waals surface area contributed by atoms with Gasteiger partial charge >= 0.3 is 0 Å². The molecule has 3 heteroatoms. The summed E-state index contributed by atoms with van der Waals surface area (Å²) in [6, 6.07) is 0. The van der Waals surface area contributed by atoms with Crippen molar-refractivity contribution in [3.63, 3.8) is 0 Å². The first-order valence-corrected chi connectivity index (χ1v) is 6.83. The van der Waals surface area contributed by atoms with Crippen LogP contribution >= 0.6 is 0 Å². The van der Waals surface area contributed by atoms with Crippen molar-refractivity contribution in [1.29, 1.82) is 0 Å². The number of ether oxygens (including phenoxy) is 2. The highest BCUT2D eigenvalue weighted by Crippen LogP contribution is 2.40. The molecular formula is C14H28O3.